The smallest absolute Gasteiger partial charge is 0.328 e. The van der Waals surface area contributed by atoms with Gasteiger partial charge in [0, 0.05) is 17.5 Å². The van der Waals surface area contributed by atoms with E-state index in [1.807, 2.05) is 60.7 Å². The highest BCUT2D eigenvalue weighted by atomic mass is 16.4. The monoisotopic (exact) mass is 345 g/mol. The van der Waals surface area contributed by atoms with Crippen molar-refractivity contribution in [2.45, 2.75) is 12.5 Å². The fourth-order valence-corrected chi connectivity index (χ4v) is 2.76. The Kier molecular flexibility index (Phi) is 5.44. The Labute approximate surface area is 152 Å². The highest BCUT2D eigenvalue weighted by Gasteiger charge is 2.19. The molecule has 0 saturated carbocycles. The Morgan fingerprint density at radius 2 is 1.42 bits per heavy atom. The molecule has 1 atom stereocenters. The molecule has 3 aromatic rings. The zero-order chi connectivity index (χ0) is 18.4. The van der Waals surface area contributed by atoms with E-state index in [1.165, 1.54) is 0 Å². The Morgan fingerprint density at radius 3 is 1.92 bits per heavy atom. The van der Waals surface area contributed by atoms with E-state index in [4.69, 9.17) is 0 Å². The second-order valence-electron chi connectivity index (χ2n) is 5.94. The zero-order valence-electron chi connectivity index (χ0n) is 14.1. The maximum atomic E-state index is 11.8. The number of rotatable bonds is 6. The maximum absolute atomic E-state index is 11.8. The van der Waals surface area contributed by atoms with Crippen molar-refractivity contribution < 1.29 is 15.0 Å². The first-order chi connectivity index (χ1) is 12.6. The van der Waals surface area contributed by atoms with Gasteiger partial charge in [0.05, 0.1) is 5.71 Å². The van der Waals surface area contributed by atoms with Crippen LogP contribution in [-0.2, 0) is 11.2 Å². The summed E-state index contributed by atoms with van der Waals surface area (Å²) in [6.45, 7) is 0. The average Bonchev–Trinajstić information content (AvgIpc) is 2.66. The third kappa shape index (κ3) is 4.36. The summed E-state index contributed by atoms with van der Waals surface area (Å²) >= 11 is 0. The van der Waals surface area contributed by atoms with Gasteiger partial charge in [-0.15, -0.1) is 0 Å². The number of phenols is 1. The molecule has 0 fully saturated rings. The lowest BCUT2D eigenvalue weighted by molar-refractivity contribution is -0.138. The van der Waals surface area contributed by atoms with Crippen LogP contribution < -0.4 is 0 Å². The van der Waals surface area contributed by atoms with Crippen molar-refractivity contribution in [3.63, 3.8) is 0 Å². The Hall–Kier alpha value is -3.40. The van der Waals surface area contributed by atoms with Crippen LogP contribution in [0, 0.1) is 0 Å². The van der Waals surface area contributed by atoms with E-state index in [0.717, 1.165) is 16.7 Å². The van der Waals surface area contributed by atoms with Gasteiger partial charge < -0.3 is 10.2 Å². The lowest BCUT2D eigenvalue weighted by Gasteiger charge is -2.13. The van der Waals surface area contributed by atoms with Crippen molar-refractivity contribution in [3.8, 4) is 5.75 Å². The number of carbonyl (C=O) groups is 1. The number of hydrogen-bond acceptors (Lipinski definition) is 3. The largest absolute Gasteiger partial charge is 0.508 e. The summed E-state index contributed by atoms with van der Waals surface area (Å²) in [5, 5.41) is 19.3. The van der Waals surface area contributed by atoms with Crippen molar-refractivity contribution in [1.29, 1.82) is 0 Å². The van der Waals surface area contributed by atoms with E-state index in [-0.39, 0.29) is 12.2 Å². The Balaban J connectivity index is 2.02. The van der Waals surface area contributed by atoms with Crippen LogP contribution in [0.3, 0.4) is 0 Å². The molecule has 130 valence electrons. The molecule has 4 nitrogen and oxygen atoms in total. The molecular formula is C22H19NO3. The third-order valence-corrected chi connectivity index (χ3v) is 4.00. The molecule has 0 amide bonds. The highest BCUT2D eigenvalue weighted by molar-refractivity contribution is 6.13. The lowest BCUT2D eigenvalue weighted by Crippen LogP contribution is -2.23. The predicted molar refractivity (Wildman–Crippen MR) is 102 cm³/mol. The lowest BCUT2D eigenvalue weighted by atomic mass is 10.0. The number of phenolic OH excluding ortho intramolecular Hbond substituents is 1. The highest BCUT2D eigenvalue weighted by Crippen LogP contribution is 2.17. The van der Waals surface area contributed by atoms with Gasteiger partial charge in [-0.25, -0.2) is 4.79 Å². The number of aromatic hydroxyl groups is 1. The van der Waals surface area contributed by atoms with Crippen LogP contribution in [-0.4, -0.2) is 27.9 Å². The number of nitrogens with zero attached hydrogens (tertiary/aromatic N) is 1. The summed E-state index contributed by atoms with van der Waals surface area (Å²) in [4.78, 5) is 16.4. The van der Waals surface area contributed by atoms with Gasteiger partial charge in [-0.2, -0.15) is 0 Å². The minimum absolute atomic E-state index is 0.113. The van der Waals surface area contributed by atoms with E-state index in [2.05, 4.69) is 4.99 Å². The van der Waals surface area contributed by atoms with Gasteiger partial charge >= 0.3 is 5.97 Å². The molecule has 0 aromatic heterocycles. The first-order valence-corrected chi connectivity index (χ1v) is 8.33. The van der Waals surface area contributed by atoms with Crippen LogP contribution in [0.5, 0.6) is 5.75 Å². The van der Waals surface area contributed by atoms with E-state index < -0.39 is 12.0 Å². The first kappa shape index (κ1) is 17.4. The van der Waals surface area contributed by atoms with E-state index in [1.54, 1.807) is 24.3 Å². The molecule has 2 N–H and O–H groups in total. The first-order valence-electron chi connectivity index (χ1n) is 8.33. The van der Waals surface area contributed by atoms with Gasteiger partial charge in [-0.3, -0.25) is 4.99 Å². The van der Waals surface area contributed by atoms with Gasteiger partial charge in [0.2, 0.25) is 0 Å². The molecule has 3 rings (SSSR count). The molecule has 0 aliphatic rings. The van der Waals surface area contributed by atoms with E-state index in [9.17, 15) is 15.0 Å². The van der Waals surface area contributed by atoms with Crippen LogP contribution in [0.15, 0.2) is 89.9 Å². The number of aliphatic carboxylic acids is 1. The van der Waals surface area contributed by atoms with Crippen molar-refractivity contribution >= 4 is 11.7 Å². The minimum atomic E-state index is -1.00. The summed E-state index contributed by atoms with van der Waals surface area (Å²) in [5.41, 5.74) is 3.09. The molecule has 0 spiro atoms. The van der Waals surface area contributed by atoms with Crippen LogP contribution >= 0.6 is 0 Å². The third-order valence-electron chi connectivity index (χ3n) is 4.00. The average molecular weight is 345 g/mol. The van der Waals surface area contributed by atoms with Crippen molar-refractivity contribution in [2.24, 2.45) is 4.99 Å². The number of carboxylic acids is 1. The molecule has 0 bridgehead atoms. The molecule has 3 aromatic carbocycles. The molecule has 0 aliphatic heterocycles. The van der Waals surface area contributed by atoms with Gasteiger partial charge in [0.15, 0.2) is 6.04 Å². The van der Waals surface area contributed by atoms with E-state index in [0.29, 0.717) is 5.71 Å². The molecule has 26 heavy (non-hydrogen) atoms. The molecule has 0 saturated heterocycles. The summed E-state index contributed by atoms with van der Waals surface area (Å²) in [7, 11) is 0. The summed E-state index contributed by atoms with van der Waals surface area (Å²) in [6, 6.07) is 24.7. The summed E-state index contributed by atoms with van der Waals surface area (Å²) < 4.78 is 0. The molecule has 0 aliphatic carbocycles. The SMILES string of the molecule is O=C(O)[C@@H](Cc1cccc(O)c1)N=C(c1ccccc1)c1ccccc1. The molecule has 0 heterocycles. The van der Waals surface area contributed by atoms with Gasteiger partial charge in [0.25, 0.3) is 0 Å². The maximum Gasteiger partial charge on any atom is 0.328 e. The quantitative estimate of drug-likeness (QED) is 0.665. The van der Waals surface area contributed by atoms with Crippen LogP contribution in [0.4, 0.5) is 0 Å². The van der Waals surface area contributed by atoms with Crippen molar-refractivity contribution in [3.05, 3.63) is 102 Å². The predicted octanol–water partition coefficient (Wildman–Crippen LogP) is 3.93. The van der Waals surface area contributed by atoms with Crippen molar-refractivity contribution in [1.82, 2.24) is 0 Å². The summed E-state index contributed by atoms with van der Waals surface area (Å²) in [6.07, 6.45) is 0.201. The number of aliphatic imine (C=N–C) groups is 1. The molecule has 0 radical (unpaired) electrons. The van der Waals surface area contributed by atoms with Gasteiger partial charge in [-0.05, 0) is 17.7 Å². The second kappa shape index (κ2) is 8.12. The fourth-order valence-electron chi connectivity index (χ4n) is 2.76. The topological polar surface area (TPSA) is 69.9 Å². The molecular weight excluding hydrogens is 326 g/mol. The normalized spacial score (nSPS) is 11.5. The Morgan fingerprint density at radius 1 is 0.846 bits per heavy atom. The number of benzene rings is 3. The van der Waals surface area contributed by atoms with Gasteiger partial charge in [-0.1, -0.05) is 72.8 Å². The van der Waals surface area contributed by atoms with Crippen LogP contribution in [0.1, 0.15) is 16.7 Å². The van der Waals surface area contributed by atoms with Crippen LogP contribution in [0.25, 0.3) is 0 Å². The minimum Gasteiger partial charge on any atom is -0.508 e. The summed E-state index contributed by atoms with van der Waals surface area (Å²) in [5.74, 6) is -0.889. The number of carboxylic acid groups (broad SMARTS) is 1. The number of hydrogen-bond donors (Lipinski definition) is 2. The van der Waals surface area contributed by atoms with Crippen molar-refractivity contribution in [2.75, 3.05) is 0 Å². The fraction of sp³-hybridized carbons (Fsp3) is 0.0909. The Bertz CT molecular complexity index is 863. The molecule has 4 heteroatoms. The standard InChI is InChI=1S/C22H19NO3/c24-19-13-7-8-16(14-19)15-20(22(25)26)23-21(17-9-3-1-4-10-17)18-11-5-2-6-12-18/h1-14,20,24H,15H2,(H,25,26)/t20-/m1/s1. The zero-order valence-corrected chi connectivity index (χ0v) is 14.1. The second-order valence-corrected chi connectivity index (χ2v) is 5.94. The molecule has 0 unspecified atom stereocenters. The van der Waals surface area contributed by atoms with E-state index >= 15 is 0 Å². The van der Waals surface area contributed by atoms with Gasteiger partial charge in [0.1, 0.15) is 5.75 Å². The van der Waals surface area contributed by atoms with Crippen LogP contribution in [0.2, 0.25) is 0 Å².